The summed E-state index contributed by atoms with van der Waals surface area (Å²) in [5, 5.41) is 9.02. The Morgan fingerprint density at radius 2 is 1.71 bits per heavy atom. The van der Waals surface area contributed by atoms with Crippen LogP contribution in [0.15, 0.2) is 30.3 Å². The van der Waals surface area contributed by atoms with Crippen LogP contribution in [0.5, 0.6) is 0 Å². The molecular formula is C17H25NO3. The van der Waals surface area contributed by atoms with E-state index in [-0.39, 0.29) is 12.5 Å². The van der Waals surface area contributed by atoms with Crippen molar-refractivity contribution in [3.63, 3.8) is 0 Å². The molecule has 0 saturated heterocycles. The van der Waals surface area contributed by atoms with Gasteiger partial charge < -0.3 is 10.0 Å². The Hall–Kier alpha value is -1.84. The third kappa shape index (κ3) is 6.43. The maximum absolute atomic E-state index is 12.3. The predicted molar refractivity (Wildman–Crippen MR) is 83.0 cm³/mol. The second-order valence-corrected chi connectivity index (χ2v) is 5.92. The summed E-state index contributed by atoms with van der Waals surface area (Å²) >= 11 is 0. The van der Waals surface area contributed by atoms with Gasteiger partial charge in [-0.2, -0.15) is 0 Å². The lowest BCUT2D eigenvalue weighted by Crippen LogP contribution is -2.39. The number of carbonyl (C=O) groups excluding carboxylic acids is 1. The van der Waals surface area contributed by atoms with E-state index in [0.717, 1.165) is 5.56 Å². The molecule has 0 aliphatic carbocycles. The molecule has 1 aromatic carbocycles. The van der Waals surface area contributed by atoms with Gasteiger partial charge in [-0.05, 0) is 17.9 Å². The molecule has 116 valence electrons. The number of hydrogen-bond donors (Lipinski definition) is 1. The molecule has 0 heterocycles. The highest BCUT2D eigenvalue weighted by Gasteiger charge is 2.21. The quantitative estimate of drug-likeness (QED) is 0.801. The van der Waals surface area contributed by atoms with E-state index in [1.54, 1.807) is 11.8 Å². The molecule has 1 N–H and O–H groups in total. The van der Waals surface area contributed by atoms with Crippen molar-refractivity contribution in [1.29, 1.82) is 0 Å². The van der Waals surface area contributed by atoms with E-state index in [1.807, 2.05) is 44.2 Å². The summed E-state index contributed by atoms with van der Waals surface area (Å²) in [7, 11) is 0. The number of carboxylic acid groups (broad SMARTS) is 1. The molecule has 1 amide bonds. The Labute approximate surface area is 126 Å². The van der Waals surface area contributed by atoms with Crippen LogP contribution >= 0.6 is 0 Å². The molecule has 0 spiro atoms. The zero-order chi connectivity index (χ0) is 15.8. The van der Waals surface area contributed by atoms with E-state index in [4.69, 9.17) is 5.11 Å². The molecule has 1 unspecified atom stereocenters. The van der Waals surface area contributed by atoms with Crippen molar-refractivity contribution in [2.45, 2.75) is 33.6 Å². The first kappa shape index (κ1) is 17.2. The van der Waals surface area contributed by atoms with Crippen LogP contribution in [-0.2, 0) is 16.0 Å². The van der Waals surface area contributed by atoms with Gasteiger partial charge in [0.2, 0.25) is 5.91 Å². The zero-order valence-electron chi connectivity index (χ0n) is 13.1. The first-order valence-electron chi connectivity index (χ1n) is 7.44. The minimum atomic E-state index is -0.861. The normalized spacial score (nSPS) is 12.2. The van der Waals surface area contributed by atoms with Crippen LogP contribution in [-0.4, -0.2) is 35.0 Å². The van der Waals surface area contributed by atoms with E-state index < -0.39 is 11.9 Å². The van der Waals surface area contributed by atoms with E-state index >= 15 is 0 Å². The van der Waals surface area contributed by atoms with Gasteiger partial charge in [-0.3, -0.25) is 9.59 Å². The molecule has 0 bridgehead atoms. The van der Waals surface area contributed by atoms with Crippen molar-refractivity contribution >= 4 is 11.9 Å². The maximum Gasteiger partial charge on any atom is 0.308 e. The van der Waals surface area contributed by atoms with Crippen LogP contribution in [0.4, 0.5) is 0 Å². The highest BCUT2D eigenvalue weighted by molar-refractivity contribution is 5.77. The monoisotopic (exact) mass is 291 g/mol. The number of rotatable bonds is 8. The number of benzene rings is 1. The van der Waals surface area contributed by atoms with Crippen LogP contribution in [0.1, 0.15) is 32.8 Å². The molecule has 1 aromatic rings. The Morgan fingerprint density at radius 1 is 1.10 bits per heavy atom. The zero-order valence-corrected chi connectivity index (χ0v) is 13.1. The predicted octanol–water partition coefficient (Wildman–Crippen LogP) is 2.82. The highest BCUT2D eigenvalue weighted by Crippen LogP contribution is 2.09. The van der Waals surface area contributed by atoms with Gasteiger partial charge in [0.25, 0.3) is 0 Å². The van der Waals surface area contributed by atoms with E-state index in [0.29, 0.717) is 25.3 Å². The first-order chi connectivity index (χ1) is 9.90. The number of aryl methyl sites for hydroxylation is 1. The lowest BCUT2D eigenvalue weighted by Gasteiger charge is -2.26. The topological polar surface area (TPSA) is 57.6 Å². The molecule has 21 heavy (non-hydrogen) atoms. The molecule has 0 aliphatic rings. The fraction of sp³-hybridized carbons (Fsp3) is 0.529. The number of amides is 1. The molecule has 0 saturated carbocycles. The minimum absolute atomic E-state index is 0.0284. The van der Waals surface area contributed by atoms with Crippen LogP contribution < -0.4 is 0 Å². The smallest absolute Gasteiger partial charge is 0.308 e. The van der Waals surface area contributed by atoms with Crippen molar-refractivity contribution in [2.75, 3.05) is 13.1 Å². The summed E-state index contributed by atoms with van der Waals surface area (Å²) in [6, 6.07) is 9.86. The summed E-state index contributed by atoms with van der Waals surface area (Å²) < 4.78 is 0. The Morgan fingerprint density at radius 3 is 2.24 bits per heavy atom. The number of carbonyl (C=O) groups is 2. The van der Waals surface area contributed by atoms with Gasteiger partial charge >= 0.3 is 5.97 Å². The molecule has 0 fully saturated rings. The molecule has 0 radical (unpaired) electrons. The number of carboxylic acids is 1. The molecule has 1 rings (SSSR count). The summed E-state index contributed by atoms with van der Waals surface area (Å²) in [6.07, 6.45) is 1.11. The van der Waals surface area contributed by atoms with Crippen molar-refractivity contribution in [2.24, 2.45) is 11.8 Å². The molecule has 4 heteroatoms. The average Bonchev–Trinajstić information content (AvgIpc) is 2.44. The van der Waals surface area contributed by atoms with Gasteiger partial charge in [0, 0.05) is 19.5 Å². The van der Waals surface area contributed by atoms with Crippen LogP contribution in [0, 0.1) is 11.8 Å². The lowest BCUT2D eigenvalue weighted by atomic mass is 10.1. The van der Waals surface area contributed by atoms with Crippen LogP contribution in [0.2, 0.25) is 0 Å². The average molecular weight is 291 g/mol. The van der Waals surface area contributed by atoms with Crippen molar-refractivity contribution in [3.05, 3.63) is 35.9 Å². The van der Waals surface area contributed by atoms with Crippen LogP contribution in [0.25, 0.3) is 0 Å². The van der Waals surface area contributed by atoms with Crippen molar-refractivity contribution in [1.82, 2.24) is 4.90 Å². The lowest BCUT2D eigenvalue weighted by molar-refractivity contribution is -0.143. The van der Waals surface area contributed by atoms with Crippen molar-refractivity contribution < 1.29 is 14.7 Å². The second kappa shape index (κ2) is 8.45. The second-order valence-electron chi connectivity index (χ2n) is 5.92. The third-order valence-corrected chi connectivity index (χ3v) is 3.32. The van der Waals surface area contributed by atoms with E-state index in [9.17, 15) is 9.59 Å². The third-order valence-electron chi connectivity index (χ3n) is 3.32. The summed E-state index contributed by atoms with van der Waals surface area (Å²) in [5.74, 6) is -1.05. The Kier molecular flexibility index (Phi) is 6.92. The van der Waals surface area contributed by atoms with Crippen molar-refractivity contribution in [3.8, 4) is 0 Å². The molecular weight excluding hydrogens is 266 g/mol. The Bertz CT molecular complexity index is 456. The number of aliphatic carboxylic acids is 1. The first-order valence-corrected chi connectivity index (χ1v) is 7.44. The summed E-state index contributed by atoms with van der Waals surface area (Å²) in [6.45, 7) is 6.58. The van der Waals surface area contributed by atoms with Gasteiger partial charge in [-0.1, -0.05) is 51.1 Å². The fourth-order valence-electron chi connectivity index (χ4n) is 2.18. The van der Waals surface area contributed by atoms with Gasteiger partial charge in [0.05, 0.1) is 5.92 Å². The maximum atomic E-state index is 12.3. The van der Waals surface area contributed by atoms with E-state index in [1.165, 1.54) is 0 Å². The SMILES string of the molecule is CC(C)CN(CC(C)C(=O)O)C(=O)CCc1ccccc1. The fourth-order valence-corrected chi connectivity index (χ4v) is 2.18. The highest BCUT2D eigenvalue weighted by atomic mass is 16.4. The standard InChI is InChI=1S/C17H25NO3/c1-13(2)11-18(12-14(3)17(20)21)16(19)10-9-15-7-5-4-6-8-15/h4-8,13-14H,9-12H2,1-3H3,(H,20,21). The van der Waals surface area contributed by atoms with Gasteiger partial charge in [-0.25, -0.2) is 0 Å². The molecule has 1 atom stereocenters. The van der Waals surface area contributed by atoms with Gasteiger partial charge in [-0.15, -0.1) is 0 Å². The van der Waals surface area contributed by atoms with Gasteiger partial charge in [0.1, 0.15) is 0 Å². The van der Waals surface area contributed by atoms with Crippen LogP contribution in [0.3, 0.4) is 0 Å². The van der Waals surface area contributed by atoms with E-state index in [2.05, 4.69) is 0 Å². The Balaban J connectivity index is 2.60. The summed E-state index contributed by atoms with van der Waals surface area (Å²) in [5.41, 5.74) is 1.13. The number of nitrogens with zero attached hydrogens (tertiary/aromatic N) is 1. The van der Waals surface area contributed by atoms with Gasteiger partial charge in [0.15, 0.2) is 0 Å². The number of hydrogen-bond acceptors (Lipinski definition) is 2. The molecule has 4 nitrogen and oxygen atoms in total. The summed E-state index contributed by atoms with van der Waals surface area (Å²) in [4.78, 5) is 25.0. The largest absolute Gasteiger partial charge is 0.481 e. The molecule has 0 aliphatic heterocycles. The minimum Gasteiger partial charge on any atom is -0.481 e. The molecule has 0 aromatic heterocycles.